The van der Waals surface area contributed by atoms with Crippen LogP contribution >= 0.6 is 0 Å². The Kier molecular flexibility index (Phi) is 8.09. The monoisotopic (exact) mass is 629 g/mol. The second-order valence-electron chi connectivity index (χ2n) is 11.9. The van der Waals surface area contributed by atoms with Gasteiger partial charge in [0.1, 0.15) is 29.9 Å². The van der Waals surface area contributed by atoms with Crippen LogP contribution < -0.4 is 15.4 Å². The Balaban J connectivity index is 1.52. The lowest BCUT2D eigenvalue weighted by Crippen LogP contribution is -2.54. The largest absolute Gasteiger partial charge is 0.491 e. The van der Waals surface area contributed by atoms with Crippen LogP contribution in [0.2, 0.25) is 0 Å². The molecule has 47 heavy (non-hydrogen) atoms. The lowest BCUT2D eigenvalue weighted by Gasteiger charge is -2.46. The number of fused-ring (bicyclic) bond motifs is 3. The van der Waals surface area contributed by atoms with Crippen LogP contribution in [-0.4, -0.2) is 53.6 Å². The highest BCUT2D eigenvalue weighted by Crippen LogP contribution is 2.64. The van der Waals surface area contributed by atoms with Crippen molar-refractivity contribution in [2.75, 3.05) is 25.1 Å². The van der Waals surface area contributed by atoms with Crippen LogP contribution in [0.25, 0.3) is 0 Å². The topological polar surface area (TPSA) is 117 Å². The predicted molar refractivity (Wildman–Crippen MR) is 175 cm³/mol. The number of esters is 1. The minimum Gasteiger partial charge on any atom is -0.491 e. The minimum atomic E-state index is -1.52. The highest BCUT2D eigenvalue weighted by atomic mass is 16.6. The Morgan fingerprint density at radius 2 is 1.55 bits per heavy atom. The summed E-state index contributed by atoms with van der Waals surface area (Å²) < 4.78 is 12.0. The summed E-state index contributed by atoms with van der Waals surface area (Å²) in [6, 6.07) is 31.5. The van der Waals surface area contributed by atoms with Crippen molar-refractivity contribution in [2.45, 2.75) is 29.6 Å². The van der Waals surface area contributed by atoms with Gasteiger partial charge in [-0.25, -0.2) is 0 Å². The fourth-order valence-electron chi connectivity index (χ4n) is 7.74. The summed E-state index contributed by atoms with van der Waals surface area (Å²) in [5.74, 6) is -2.00. The van der Waals surface area contributed by atoms with Crippen LogP contribution in [0.3, 0.4) is 0 Å². The fraction of sp³-hybridized carbons (Fsp3) is 0.237. The highest BCUT2D eigenvalue weighted by molar-refractivity contribution is 6.12. The number of ether oxygens (including phenoxy) is 2. The number of hydrogen-bond acceptors (Lipinski definition) is 7. The molecule has 0 aromatic heterocycles. The van der Waals surface area contributed by atoms with Gasteiger partial charge >= 0.3 is 5.97 Å². The van der Waals surface area contributed by atoms with E-state index in [4.69, 9.17) is 9.47 Å². The van der Waals surface area contributed by atoms with E-state index in [1.54, 1.807) is 18.2 Å². The number of cyclic esters (lactones) is 1. The molecular weight excluding hydrogens is 594 g/mol. The molecule has 4 aromatic carbocycles. The summed E-state index contributed by atoms with van der Waals surface area (Å²) in [4.78, 5) is 45.7. The molecule has 2 amide bonds. The second-order valence-corrected chi connectivity index (χ2v) is 11.9. The fourth-order valence-corrected chi connectivity index (χ4v) is 7.74. The van der Waals surface area contributed by atoms with Crippen LogP contribution in [0.1, 0.15) is 40.4 Å². The van der Waals surface area contributed by atoms with Gasteiger partial charge in [-0.2, -0.15) is 0 Å². The molecule has 0 unspecified atom stereocenters. The molecule has 3 N–H and O–H groups in total. The molecule has 0 saturated carbocycles. The number of aliphatic hydroxyl groups excluding tert-OH is 1. The number of nitrogens with zero attached hydrogens (tertiary/aromatic N) is 1. The van der Waals surface area contributed by atoms with Crippen LogP contribution in [0.4, 0.5) is 5.69 Å². The molecule has 0 radical (unpaired) electrons. The average Bonchev–Trinajstić information content (AvgIpc) is 3.59. The third-order valence-corrected chi connectivity index (χ3v) is 9.47. The Morgan fingerprint density at radius 3 is 2.23 bits per heavy atom. The summed E-state index contributed by atoms with van der Waals surface area (Å²) in [7, 11) is 0. The van der Waals surface area contributed by atoms with Crippen molar-refractivity contribution in [2.24, 2.45) is 5.92 Å². The number of morpholine rings is 1. The van der Waals surface area contributed by atoms with Gasteiger partial charge in [-0.1, -0.05) is 97.1 Å². The number of rotatable bonds is 9. The van der Waals surface area contributed by atoms with Gasteiger partial charge in [-0.05, 0) is 40.5 Å². The van der Waals surface area contributed by atoms with Crippen molar-refractivity contribution in [3.63, 3.8) is 0 Å². The highest BCUT2D eigenvalue weighted by Gasteiger charge is 2.73. The maximum atomic E-state index is 14.7. The van der Waals surface area contributed by atoms with Crippen LogP contribution in [0, 0.1) is 5.92 Å². The molecule has 238 valence electrons. The number of amides is 2. The van der Waals surface area contributed by atoms with E-state index in [0.717, 1.165) is 16.7 Å². The van der Waals surface area contributed by atoms with Crippen LogP contribution in [-0.2, 0) is 24.5 Å². The number of hydrogen-bond donors (Lipinski definition) is 3. The number of carbonyl (C=O) groups is 3. The van der Waals surface area contributed by atoms with Crippen molar-refractivity contribution in [1.82, 2.24) is 10.2 Å². The maximum Gasteiger partial charge on any atom is 0.324 e. The number of para-hydroxylation sites is 1. The van der Waals surface area contributed by atoms with Crippen molar-refractivity contribution in [3.8, 4) is 5.75 Å². The SMILES string of the molecule is C=CCNC(=O)[C@@H]1[C@H]2C(=O)O[C@H](c3ccccc3)[C@H](c3ccccc3)N2[C@H](c2ccc(OCCO)cc2)[C@@]12C(=O)Nc1ccccc12. The standard InChI is InChI=1S/C38H35N3O6/c1-2-21-39-35(43)30-32-36(44)47-33(25-13-7-4-8-14-25)31(24-11-5-3-6-12-24)41(32)34(26-17-19-27(20-18-26)46-23-22-42)38(30)28-15-9-10-16-29(28)40-37(38)45/h2-20,30-34,42H,1,21-23H2,(H,39,43)(H,40,45)/t30-,31-,32-,33+,34+,38-/m0/s1. The van der Waals surface area contributed by atoms with Crippen molar-refractivity contribution in [3.05, 3.63) is 144 Å². The first-order valence-corrected chi connectivity index (χ1v) is 15.7. The Bertz CT molecular complexity index is 1800. The molecule has 6 atom stereocenters. The molecule has 3 heterocycles. The Morgan fingerprint density at radius 1 is 0.894 bits per heavy atom. The van der Waals surface area contributed by atoms with E-state index in [9.17, 15) is 19.5 Å². The number of aliphatic hydroxyl groups is 1. The van der Waals surface area contributed by atoms with Gasteiger partial charge in [0, 0.05) is 12.2 Å². The summed E-state index contributed by atoms with van der Waals surface area (Å²) in [6.07, 6.45) is 0.837. The van der Waals surface area contributed by atoms with Gasteiger partial charge in [0.15, 0.2) is 0 Å². The predicted octanol–water partition coefficient (Wildman–Crippen LogP) is 4.63. The molecule has 0 bridgehead atoms. The van der Waals surface area contributed by atoms with Crippen LogP contribution in [0.15, 0.2) is 122 Å². The summed E-state index contributed by atoms with van der Waals surface area (Å²) in [5.41, 5.74) is 2.11. The number of nitrogens with one attached hydrogen (secondary N) is 2. The second kappa shape index (κ2) is 12.5. The van der Waals surface area contributed by atoms with Gasteiger partial charge in [-0.15, -0.1) is 6.58 Å². The molecule has 9 heteroatoms. The van der Waals surface area contributed by atoms with Crippen molar-refractivity contribution < 1.29 is 29.0 Å². The smallest absolute Gasteiger partial charge is 0.324 e. The lowest BCUT2D eigenvalue weighted by molar-refractivity contribution is -0.178. The Hall–Kier alpha value is -5.25. The molecule has 0 aliphatic carbocycles. The van der Waals surface area contributed by atoms with E-state index in [2.05, 4.69) is 17.2 Å². The van der Waals surface area contributed by atoms with E-state index in [-0.39, 0.29) is 25.7 Å². The molecule has 4 aromatic rings. The zero-order chi connectivity index (χ0) is 32.5. The number of carbonyl (C=O) groups excluding carboxylic acids is 3. The normalized spacial score (nSPS) is 26.2. The summed E-state index contributed by atoms with van der Waals surface area (Å²) in [6.45, 7) is 3.91. The Labute approximate surface area is 272 Å². The first kappa shape index (κ1) is 30.4. The van der Waals surface area contributed by atoms with Crippen molar-refractivity contribution >= 4 is 23.5 Å². The zero-order valence-electron chi connectivity index (χ0n) is 25.6. The van der Waals surface area contributed by atoms with Gasteiger partial charge in [0.05, 0.1) is 24.6 Å². The quantitative estimate of drug-likeness (QED) is 0.183. The number of benzene rings is 4. The van der Waals surface area contributed by atoms with Gasteiger partial charge in [0.25, 0.3) is 0 Å². The zero-order valence-corrected chi connectivity index (χ0v) is 25.6. The van der Waals surface area contributed by atoms with E-state index >= 15 is 0 Å². The minimum absolute atomic E-state index is 0.128. The van der Waals surface area contributed by atoms with Crippen LogP contribution in [0.5, 0.6) is 5.75 Å². The van der Waals surface area contributed by atoms with Gasteiger partial charge in [-0.3, -0.25) is 19.3 Å². The number of anilines is 1. The lowest BCUT2D eigenvalue weighted by atomic mass is 9.65. The molecule has 7 rings (SSSR count). The average molecular weight is 630 g/mol. The first-order chi connectivity index (χ1) is 23.0. The summed E-state index contributed by atoms with van der Waals surface area (Å²) >= 11 is 0. The first-order valence-electron chi connectivity index (χ1n) is 15.7. The molecule has 3 aliphatic rings. The molecule has 3 aliphatic heterocycles. The molecule has 9 nitrogen and oxygen atoms in total. The van der Waals surface area contributed by atoms with E-state index < -0.39 is 47.4 Å². The van der Waals surface area contributed by atoms with E-state index in [1.165, 1.54) is 0 Å². The van der Waals surface area contributed by atoms with Crippen molar-refractivity contribution in [1.29, 1.82) is 0 Å². The molecule has 2 fully saturated rings. The van der Waals surface area contributed by atoms with E-state index in [1.807, 2.05) is 102 Å². The van der Waals surface area contributed by atoms with Gasteiger partial charge in [0.2, 0.25) is 11.8 Å². The van der Waals surface area contributed by atoms with E-state index in [0.29, 0.717) is 17.0 Å². The molecular formula is C38H35N3O6. The maximum absolute atomic E-state index is 14.7. The summed E-state index contributed by atoms with van der Waals surface area (Å²) in [5, 5.41) is 15.3. The van der Waals surface area contributed by atoms with Gasteiger partial charge < -0.3 is 25.2 Å². The third-order valence-electron chi connectivity index (χ3n) is 9.47. The third kappa shape index (κ3) is 4.90. The molecule has 2 saturated heterocycles. The molecule has 1 spiro atoms.